The number of aromatic nitrogens is 1. The molecule has 2 nitrogen and oxygen atoms in total. The highest BCUT2D eigenvalue weighted by Gasteiger charge is 2.43. The first-order valence-electron chi connectivity index (χ1n) is 19.4. The van der Waals surface area contributed by atoms with E-state index in [0.717, 1.165) is 0 Å². The SMILES string of the molecule is CC(C)(C)c1ccc(-c2cccc(N3c4ccc(-c5ccccc5)cc4B4c5cc6c7ccccc7n(-c7ccccc7)c6cc5-c5cccc3c54)c2)cc1. The lowest BCUT2D eigenvalue weighted by Gasteiger charge is -2.36. The van der Waals surface area contributed by atoms with E-state index in [1.54, 1.807) is 0 Å². The van der Waals surface area contributed by atoms with Crippen molar-refractivity contribution in [1.29, 1.82) is 0 Å². The molecule has 55 heavy (non-hydrogen) atoms. The Morgan fingerprint density at radius 2 is 1.07 bits per heavy atom. The Hall–Kier alpha value is -6.58. The molecule has 2 aliphatic rings. The van der Waals surface area contributed by atoms with E-state index in [0.29, 0.717) is 0 Å². The number of hydrogen-bond donors (Lipinski definition) is 0. The molecule has 260 valence electrons. The zero-order chi connectivity index (χ0) is 36.8. The molecule has 0 spiro atoms. The van der Waals surface area contributed by atoms with Gasteiger partial charge in [-0.15, -0.1) is 0 Å². The molecule has 11 rings (SSSR count). The second-order valence-corrected chi connectivity index (χ2v) is 16.2. The Labute approximate surface area is 323 Å². The first-order valence-corrected chi connectivity index (χ1v) is 19.4. The second-order valence-electron chi connectivity index (χ2n) is 16.2. The smallest absolute Gasteiger partial charge is 0.248 e. The van der Waals surface area contributed by atoms with Crippen molar-refractivity contribution in [2.45, 2.75) is 26.2 Å². The zero-order valence-electron chi connectivity index (χ0n) is 31.3. The average molecular weight is 703 g/mol. The zero-order valence-corrected chi connectivity index (χ0v) is 31.3. The van der Waals surface area contributed by atoms with Crippen LogP contribution in [0.25, 0.3) is 60.9 Å². The van der Waals surface area contributed by atoms with E-state index < -0.39 is 0 Å². The molecule has 0 bridgehead atoms. The third kappa shape index (κ3) is 4.89. The van der Waals surface area contributed by atoms with Crippen LogP contribution in [0, 0.1) is 0 Å². The van der Waals surface area contributed by atoms with Crippen molar-refractivity contribution in [1.82, 2.24) is 4.57 Å². The fraction of sp³-hybridized carbons (Fsp3) is 0.0769. The number of rotatable bonds is 4. The van der Waals surface area contributed by atoms with E-state index in [9.17, 15) is 0 Å². The minimum absolute atomic E-state index is 0.104. The van der Waals surface area contributed by atoms with Crippen molar-refractivity contribution >= 4 is 62.0 Å². The third-order valence-corrected chi connectivity index (χ3v) is 11.9. The van der Waals surface area contributed by atoms with Gasteiger partial charge in [-0.05, 0) is 104 Å². The Bertz CT molecular complexity index is 2950. The molecule has 9 aromatic rings. The van der Waals surface area contributed by atoms with E-state index in [4.69, 9.17) is 0 Å². The van der Waals surface area contributed by atoms with Gasteiger partial charge in [0.2, 0.25) is 6.71 Å². The number of hydrogen-bond acceptors (Lipinski definition) is 1. The summed E-state index contributed by atoms with van der Waals surface area (Å²) >= 11 is 0. The Morgan fingerprint density at radius 1 is 0.418 bits per heavy atom. The molecule has 0 saturated carbocycles. The molecule has 0 N–H and O–H groups in total. The third-order valence-electron chi connectivity index (χ3n) is 11.9. The van der Waals surface area contributed by atoms with Gasteiger partial charge in [-0.25, -0.2) is 0 Å². The minimum Gasteiger partial charge on any atom is -0.311 e. The molecule has 3 heteroatoms. The van der Waals surface area contributed by atoms with Gasteiger partial charge in [-0.1, -0.05) is 160 Å². The largest absolute Gasteiger partial charge is 0.311 e. The maximum Gasteiger partial charge on any atom is 0.248 e. The normalized spacial score (nSPS) is 12.9. The molecule has 0 amide bonds. The first kappa shape index (κ1) is 31.9. The highest BCUT2D eigenvalue weighted by molar-refractivity contribution is 7.01. The van der Waals surface area contributed by atoms with Crippen molar-refractivity contribution in [3.05, 3.63) is 188 Å². The van der Waals surface area contributed by atoms with E-state index in [1.165, 1.54) is 99.9 Å². The van der Waals surface area contributed by atoms with Crippen LogP contribution >= 0.6 is 0 Å². The average Bonchev–Trinajstić information content (AvgIpc) is 3.73. The summed E-state index contributed by atoms with van der Waals surface area (Å²) in [5, 5.41) is 2.57. The first-order chi connectivity index (χ1) is 26.9. The molecule has 0 aliphatic carbocycles. The van der Waals surface area contributed by atoms with Gasteiger partial charge in [0.1, 0.15) is 0 Å². The van der Waals surface area contributed by atoms with Crippen molar-refractivity contribution in [3.8, 4) is 39.1 Å². The van der Waals surface area contributed by atoms with Crippen molar-refractivity contribution in [2.75, 3.05) is 4.90 Å². The number of para-hydroxylation sites is 2. The summed E-state index contributed by atoms with van der Waals surface area (Å²) in [6.45, 7) is 6.92. The van der Waals surface area contributed by atoms with E-state index >= 15 is 0 Å². The van der Waals surface area contributed by atoms with Gasteiger partial charge in [-0.2, -0.15) is 0 Å². The lowest BCUT2D eigenvalue weighted by Crippen LogP contribution is -2.54. The van der Waals surface area contributed by atoms with E-state index in [2.05, 4.69) is 212 Å². The minimum atomic E-state index is 0.104. The van der Waals surface area contributed by atoms with Crippen molar-refractivity contribution in [2.24, 2.45) is 0 Å². The van der Waals surface area contributed by atoms with Gasteiger partial charge in [0.05, 0.1) is 11.0 Å². The van der Waals surface area contributed by atoms with Crippen LogP contribution in [0.3, 0.4) is 0 Å². The number of fused-ring (bicyclic) bond motifs is 8. The summed E-state index contributed by atoms with van der Waals surface area (Å²) < 4.78 is 2.44. The highest BCUT2D eigenvalue weighted by Crippen LogP contribution is 2.44. The molecular weight excluding hydrogens is 663 g/mol. The fourth-order valence-electron chi connectivity index (χ4n) is 9.32. The molecule has 1 aromatic heterocycles. The number of nitrogens with zero attached hydrogens (tertiary/aromatic N) is 2. The predicted molar refractivity (Wildman–Crippen MR) is 235 cm³/mol. The number of anilines is 3. The van der Waals surface area contributed by atoms with Crippen LogP contribution in [0.2, 0.25) is 0 Å². The van der Waals surface area contributed by atoms with Crippen molar-refractivity contribution in [3.63, 3.8) is 0 Å². The Kier molecular flexibility index (Phi) is 6.94. The van der Waals surface area contributed by atoms with Gasteiger partial charge < -0.3 is 9.47 Å². The lowest BCUT2D eigenvalue weighted by molar-refractivity contribution is 0.590. The van der Waals surface area contributed by atoms with Crippen LogP contribution in [0.4, 0.5) is 17.1 Å². The molecule has 3 heterocycles. The van der Waals surface area contributed by atoms with Crippen LogP contribution in [-0.4, -0.2) is 11.3 Å². The van der Waals surface area contributed by atoms with Gasteiger partial charge >= 0.3 is 0 Å². The summed E-state index contributed by atoms with van der Waals surface area (Å²) in [5.41, 5.74) is 20.4. The lowest BCUT2D eigenvalue weighted by atomic mass is 9.37. The van der Waals surface area contributed by atoms with Crippen LogP contribution in [0.15, 0.2) is 182 Å². The molecule has 8 aromatic carbocycles. The van der Waals surface area contributed by atoms with E-state index in [-0.39, 0.29) is 12.1 Å². The van der Waals surface area contributed by atoms with Gasteiger partial charge in [0.15, 0.2) is 0 Å². The molecule has 2 aliphatic heterocycles. The van der Waals surface area contributed by atoms with Crippen LogP contribution < -0.4 is 21.3 Å². The number of benzene rings is 8. The van der Waals surface area contributed by atoms with Crippen molar-refractivity contribution < 1.29 is 0 Å². The Morgan fingerprint density at radius 3 is 1.87 bits per heavy atom. The fourth-order valence-corrected chi connectivity index (χ4v) is 9.32. The molecule has 0 fully saturated rings. The highest BCUT2D eigenvalue weighted by atomic mass is 15.2. The molecule has 0 atom stereocenters. The predicted octanol–water partition coefficient (Wildman–Crippen LogP) is 11.7. The maximum atomic E-state index is 2.51. The molecule has 0 saturated heterocycles. The topological polar surface area (TPSA) is 8.17 Å². The standard InChI is InChI=1S/C52H39BN2/c1-52(2,3)38-27-24-35(25-28-38)36-16-12-19-40(30-36)55-48-29-26-37(34-14-6-4-7-15-34)31-46(48)53-45-32-44-41-20-10-11-22-47(41)54(39-17-8-5-9-18-39)50(44)33-43(45)42-21-13-23-49(55)51(42)53/h4-33H,1-3H3. The monoisotopic (exact) mass is 702 g/mol. The second kappa shape index (κ2) is 12.0. The summed E-state index contributed by atoms with van der Waals surface area (Å²) in [6.07, 6.45) is 0. The van der Waals surface area contributed by atoms with Gasteiger partial charge in [0.25, 0.3) is 0 Å². The van der Waals surface area contributed by atoms with E-state index in [1.807, 2.05) is 0 Å². The van der Waals surface area contributed by atoms with Crippen LogP contribution in [0.5, 0.6) is 0 Å². The molecule has 0 radical (unpaired) electrons. The molecular formula is C52H39BN2. The Balaban J connectivity index is 1.15. The van der Waals surface area contributed by atoms with Gasteiger partial charge in [0, 0.05) is 33.5 Å². The summed E-state index contributed by atoms with van der Waals surface area (Å²) in [5.74, 6) is 0. The molecule has 0 unspecified atom stereocenters. The maximum absolute atomic E-state index is 2.51. The summed E-state index contributed by atoms with van der Waals surface area (Å²) in [4.78, 5) is 2.51. The van der Waals surface area contributed by atoms with Gasteiger partial charge in [-0.3, -0.25) is 0 Å². The summed E-state index contributed by atoms with van der Waals surface area (Å²) in [6, 6.07) is 67.7. The quantitative estimate of drug-likeness (QED) is 0.166. The van der Waals surface area contributed by atoms with Crippen LogP contribution in [-0.2, 0) is 5.41 Å². The summed E-state index contributed by atoms with van der Waals surface area (Å²) in [7, 11) is 0. The van der Waals surface area contributed by atoms with Crippen LogP contribution in [0.1, 0.15) is 26.3 Å².